The smallest absolute Gasteiger partial charge is 0.251 e. The summed E-state index contributed by atoms with van der Waals surface area (Å²) in [5.74, 6) is 0.653. The van der Waals surface area contributed by atoms with Crippen molar-refractivity contribution in [3.63, 3.8) is 0 Å². The summed E-state index contributed by atoms with van der Waals surface area (Å²) in [5, 5.41) is 15.8. The third-order valence-electron chi connectivity index (χ3n) is 5.03. The molecule has 162 valence electrons. The summed E-state index contributed by atoms with van der Waals surface area (Å²) in [5.41, 5.74) is 0.414. The van der Waals surface area contributed by atoms with Gasteiger partial charge in [0.2, 0.25) is 5.91 Å². The van der Waals surface area contributed by atoms with Crippen LogP contribution in [-0.2, 0) is 11.3 Å². The molecule has 1 fully saturated rings. The van der Waals surface area contributed by atoms with Gasteiger partial charge in [-0.15, -0.1) is 10.2 Å². The molecule has 2 N–H and O–H groups in total. The van der Waals surface area contributed by atoms with Gasteiger partial charge in [-0.25, -0.2) is 0 Å². The van der Waals surface area contributed by atoms with Crippen molar-refractivity contribution in [1.82, 2.24) is 25.4 Å². The molecule has 30 heavy (non-hydrogen) atoms. The quantitative estimate of drug-likeness (QED) is 0.564. The molecule has 1 aromatic heterocycles. The fourth-order valence-corrected chi connectivity index (χ4v) is 4.59. The minimum atomic E-state index is -0.374. The van der Waals surface area contributed by atoms with Crippen LogP contribution >= 0.6 is 35.0 Å². The van der Waals surface area contributed by atoms with Gasteiger partial charge in [-0.1, -0.05) is 47.8 Å². The van der Waals surface area contributed by atoms with Crippen molar-refractivity contribution in [2.75, 3.05) is 5.75 Å². The number of hydrogen-bond acceptors (Lipinski definition) is 5. The first kappa shape index (κ1) is 22.9. The normalized spacial score (nSPS) is 15.2. The lowest BCUT2D eigenvalue weighted by atomic mass is 10.2. The van der Waals surface area contributed by atoms with Gasteiger partial charge < -0.3 is 15.2 Å². The Kier molecular flexibility index (Phi) is 8.02. The fourth-order valence-electron chi connectivity index (χ4n) is 3.48. The molecule has 0 spiro atoms. The number of carbonyl (C=O) groups is 2. The van der Waals surface area contributed by atoms with Crippen molar-refractivity contribution < 1.29 is 9.59 Å². The van der Waals surface area contributed by atoms with E-state index in [-0.39, 0.29) is 17.9 Å². The standard InChI is InChI=1S/C20H25Cl2N5O2S/c1-3-27-18(12(2)23-19(29)13-8-9-15(21)16(22)10-13)25-26-20(27)30-11-17(28)24-14-6-4-5-7-14/h8-10,12,14H,3-7,11H2,1-2H3,(H,23,29)(H,24,28). The number of aromatic nitrogens is 3. The van der Waals surface area contributed by atoms with Crippen LogP contribution in [0.3, 0.4) is 0 Å². The summed E-state index contributed by atoms with van der Waals surface area (Å²) in [7, 11) is 0. The van der Waals surface area contributed by atoms with Gasteiger partial charge in [-0.3, -0.25) is 9.59 Å². The van der Waals surface area contributed by atoms with Crippen molar-refractivity contribution in [3.8, 4) is 0 Å². The van der Waals surface area contributed by atoms with E-state index in [4.69, 9.17) is 23.2 Å². The second kappa shape index (κ2) is 10.5. The van der Waals surface area contributed by atoms with Crippen LogP contribution in [0.25, 0.3) is 0 Å². The summed E-state index contributed by atoms with van der Waals surface area (Å²) < 4.78 is 1.91. The first-order chi connectivity index (χ1) is 14.4. The zero-order valence-electron chi connectivity index (χ0n) is 17.0. The molecule has 0 saturated heterocycles. The number of benzene rings is 1. The molecule has 0 aliphatic heterocycles. The van der Waals surface area contributed by atoms with E-state index in [1.54, 1.807) is 12.1 Å². The van der Waals surface area contributed by atoms with Gasteiger partial charge in [0.25, 0.3) is 5.91 Å². The van der Waals surface area contributed by atoms with Gasteiger partial charge >= 0.3 is 0 Å². The number of amides is 2. The second-order valence-corrected chi connectivity index (χ2v) is 9.00. The van der Waals surface area contributed by atoms with Gasteiger partial charge in [-0.05, 0) is 44.9 Å². The average molecular weight is 470 g/mol. The molecule has 2 aromatic rings. The predicted molar refractivity (Wildman–Crippen MR) is 119 cm³/mol. The largest absolute Gasteiger partial charge is 0.353 e. The highest BCUT2D eigenvalue weighted by molar-refractivity contribution is 7.99. The summed E-state index contributed by atoms with van der Waals surface area (Å²) in [6.45, 7) is 4.44. The fraction of sp³-hybridized carbons (Fsp3) is 0.500. The van der Waals surface area contributed by atoms with Crippen LogP contribution in [0.4, 0.5) is 0 Å². The minimum Gasteiger partial charge on any atom is -0.353 e. The van der Waals surface area contributed by atoms with Crippen LogP contribution in [0.15, 0.2) is 23.4 Å². The number of hydrogen-bond donors (Lipinski definition) is 2. The molecule has 3 rings (SSSR count). The molecular formula is C20H25Cl2N5O2S. The lowest BCUT2D eigenvalue weighted by Gasteiger charge is -2.15. The van der Waals surface area contributed by atoms with Gasteiger partial charge in [0.15, 0.2) is 11.0 Å². The molecule has 10 heteroatoms. The van der Waals surface area contributed by atoms with E-state index in [0.717, 1.165) is 12.8 Å². The Morgan fingerprint density at radius 2 is 1.97 bits per heavy atom. The van der Waals surface area contributed by atoms with Crippen molar-refractivity contribution >= 4 is 46.8 Å². The average Bonchev–Trinajstić information content (AvgIpc) is 3.37. The number of halogens is 2. The monoisotopic (exact) mass is 469 g/mol. The van der Waals surface area contributed by atoms with Crippen LogP contribution in [0.1, 0.15) is 61.8 Å². The summed E-state index contributed by atoms with van der Waals surface area (Å²) in [4.78, 5) is 24.7. The Bertz CT molecular complexity index is 915. The lowest BCUT2D eigenvalue weighted by Crippen LogP contribution is -2.33. The van der Waals surface area contributed by atoms with Gasteiger partial charge in [0.1, 0.15) is 0 Å². The van der Waals surface area contributed by atoms with E-state index < -0.39 is 0 Å². The van der Waals surface area contributed by atoms with E-state index in [1.165, 1.54) is 30.7 Å². The highest BCUT2D eigenvalue weighted by Crippen LogP contribution is 2.24. The van der Waals surface area contributed by atoms with Crippen LogP contribution in [0.2, 0.25) is 10.0 Å². The third-order valence-corrected chi connectivity index (χ3v) is 6.74. The maximum atomic E-state index is 12.5. The Balaban J connectivity index is 1.61. The predicted octanol–water partition coefficient (Wildman–Crippen LogP) is 4.25. The molecule has 1 atom stereocenters. The first-order valence-electron chi connectivity index (χ1n) is 10.00. The Morgan fingerprint density at radius 1 is 1.23 bits per heavy atom. The van der Waals surface area contributed by atoms with Crippen LogP contribution in [0, 0.1) is 0 Å². The summed E-state index contributed by atoms with van der Waals surface area (Å²) in [6, 6.07) is 4.66. The van der Waals surface area contributed by atoms with Crippen LogP contribution in [0.5, 0.6) is 0 Å². The van der Waals surface area contributed by atoms with Gasteiger partial charge in [0.05, 0.1) is 21.8 Å². The molecule has 2 amide bonds. The highest BCUT2D eigenvalue weighted by atomic mass is 35.5. The van der Waals surface area contributed by atoms with Crippen LogP contribution in [-0.4, -0.2) is 38.4 Å². The number of rotatable bonds is 8. The van der Waals surface area contributed by atoms with Crippen molar-refractivity contribution in [2.24, 2.45) is 0 Å². The van der Waals surface area contributed by atoms with E-state index in [9.17, 15) is 9.59 Å². The zero-order valence-corrected chi connectivity index (χ0v) is 19.3. The zero-order chi connectivity index (χ0) is 21.7. The Morgan fingerprint density at radius 3 is 2.63 bits per heavy atom. The molecule has 7 nitrogen and oxygen atoms in total. The number of nitrogens with one attached hydrogen (secondary N) is 2. The van der Waals surface area contributed by atoms with Crippen molar-refractivity contribution in [1.29, 1.82) is 0 Å². The van der Waals surface area contributed by atoms with E-state index in [0.29, 0.717) is 44.9 Å². The molecule has 0 bridgehead atoms. The maximum Gasteiger partial charge on any atom is 0.251 e. The van der Waals surface area contributed by atoms with Gasteiger partial charge in [-0.2, -0.15) is 0 Å². The van der Waals surface area contributed by atoms with Gasteiger partial charge in [0, 0.05) is 18.2 Å². The molecule has 1 aromatic carbocycles. The number of nitrogens with zero attached hydrogens (tertiary/aromatic N) is 3. The van der Waals surface area contributed by atoms with Crippen molar-refractivity contribution in [3.05, 3.63) is 39.6 Å². The lowest BCUT2D eigenvalue weighted by molar-refractivity contribution is -0.119. The molecule has 1 aliphatic carbocycles. The summed E-state index contributed by atoms with van der Waals surface area (Å²) >= 11 is 13.3. The first-order valence-corrected chi connectivity index (χ1v) is 11.7. The van der Waals surface area contributed by atoms with Crippen molar-refractivity contribution in [2.45, 2.75) is 63.3 Å². The highest BCUT2D eigenvalue weighted by Gasteiger charge is 2.21. The Labute approximate surface area is 190 Å². The van der Waals surface area contributed by atoms with Crippen LogP contribution < -0.4 is 10.6 Å². The molecule has 1 heterocycles. The Hall–Kier alpha value is -1.77. The molecule has 0 radical (unpaired) electrons. The second-order valence-electron chi connectivity index (χ2n) is 7.25. The maximum absolute atomic E-state index is 12.5. The summed E-state index contributed by atoms with van der Waals surface area (Å²) in [6.07, 6.45) is 4.47. The number of thioether (sulfide) groups is 1. The molecule has 1 saturated carbocycles. The van der Waals surface area contributed by atoms with E-state index in [2.05, 4.69) is 20.8 Å². The minimum absolute atomic E-state index is 0.0140. The molecule has 1 aliphatic rings. The van der Waals surface area contributed by atoms with E-state index in [1.807, 2.05) is 18.4 Å². The van der Waals surface area contributed by atoms with E-state index >= 15 is 0 Å². The molecule has 1 unspecified atom stereocenters. The topological polar surface area (TPSA) is 88.9 Å². The third kappa shape index (κ3) is 5.68. The molecular weight excluding hydrogens is 445 g/mol. The number of carbonyl (C=O) groups excluding carboxylic acids is 2. The SMILES string of the molecule is CCn1c(SCC(=O)NC2CCCC2)nnc1C(C)NC(=O)c1ccc(Cl)c(Cl)c1.